The Bertz CT molecular complexity index is 366. The van der Waals surface area contributed by atoms with Crippen molar-refractivity contribution in [2.45, 2.75) is 32.4 Å². The number of rotatable bonds is 4. The molecule has 0 unspecified atom stereocenters. The number of quaternary nitrogens is 1. The maximum atomic E-state index is 11.4. The van der Waals surface area contributed by atoms with Gasteiger partial charge in [0.1, 0.15) is 12.5 Å². The normalized spacial score (nSPS) is 12.6. The molecule has 3 nitrogen and oxygen atoms in total. The molecule has 1 rings (SSSR count). The molecule has 0 spiro atoms. The van der Waals surface area contributed by atoms with E-state index in [1.165, 1.54) is 0 Å². The van der Waals surface area contributed by atoms with E-state index in [0.29, 0.717) is 5.02 Å². The molecule has 0 amide bonds. The highest BCUT2D eigenvalue weighted by Crippen LogP contribution is 2.22. The van der Waals surface area contributed by atoms with Crippen molar-refractivity contribution in [3.63, 3.8) is 0 Å². The quantitative estimate of drug-likeness (QED) is 0.821. The van der Waals surface area contributed by atoms with Crippen LogP contribution < -0.4 is 5.73 Å². The van der Waals surface area contributed by atoms with Crippen LogP contribution in [0.2, 0.25) is 5.02 Å². The Morgan fingerprint density at radius 1 is 1.44 bits per heavy atom. The van der Waals surface area contributed by atoms with Gasteiger partial charge < -0.3 is 10.5 Å². The van der Waals surface area contributed by atoms with E-state index in [1.807, 2.05) is 32.0 Å². The Labute approximate surface area is 101 Å². The standard InChI is InChI=1S/C12H16ClNO2/c1-8(2)16-12(15)7-11(14)9-5-3-4-6-10(9)13/h3-6,8,11H,7,14H2,1-2H3/p+1/t11-/m0/s1. The van der Waals surface area contributed by atoms with Gasteiger partial charge in [0.15, 0.2) is 0 Å². The lowest BCUT2D eigenvalue weighted by Crippen LogP contribution is -2.54. The maximum Gasteiger partial charge on any atom is 0.312 e. The van der Waals surface area contributed by atoms with Crippen molar-refractivity contribution >= 4 is 17.6 Å². The van der Waals surface area contributed by atoms with Gasteiger partial charge in [0.2, 0.25) is 0 Å². The molecule has 4 heteroatoms. The molecule has 0 aliphatic rings. The number of esters is 1. The van der Waals surface area contributed by atoms with Crippen LogP contribution in [-0.2, 0) is 9.53 Å². The zero-order valence-electron chi connectivity index (χ0n) is 9.57. The van der Waals surface area contributed by atoms with Crippen LogP contribution >= 0.6 is 11.6 Å². The van der Waals surface area contributed by atoms with Crippen LogP contribution in [-0.4, -0.2) is 12.1 Å². The molecule has 0 saturated heterocycles. The van der Waals surface area contributed by atoms with Crippen LogP contribution in [0.1, 0.15) is 31.9 Å². The Balaban J connectivity index is 2.62. The van der Waals surface area contributed by atoms with Crippen LogP contribution in [0.15, 0.2) is 24.3 Å². The summed E-state index contributed by atoms with van der Waals surface area (Å²) in [5.41, 5.74) is 4.81. The first-order valence-electron chi connectivity index (χ1n) is 5.27. The predicted octanol–water partition coefficient (Wildman–Crippen LogP) is 1.96. The average molecular weight is 243 g/mol. The molecule has 0 heterocycles. The van der Waals surface area contributed by atoms with Crippen molar-refractivity contribution < 1.29 is 15.3 Å². The molecule has 16 heavy (non-hydrogen) atoms. The Morgan fingerprint density at radius 3 is 2.62 bits per heavy atom. The third-order valence-corrected chi connectivity index (χ3v) is 2.47. The van der Waals surface area contributed by atoms with Gasteiger partial charge in [-0.25, -0.2) is 0 Å². The van der Waals surface area contributed by atoms with Gasteiger partial charge in [-0.15, -0.1) is 0 Å². The fraction of sp³-hybridized carbons (Fsp3) is 0.417. The lowest BCUT2D eigenvalue weighted by Gasteiger charge is -2.12. The van der Waals surface area contributed by atoms with Gasteiger partial charge in [-0.05, 0) is 19.9 Å². The number of hydrogen-bond acceptors (Lipinski definition) is 2. The number of benzene rings is 1. The smallest absolute Gasteiger partial charge is 0.312 e. The molecule has 1 aromatic rings. The summed E-state index contributed by atoms with van der Waals surface area (Å²) in [5, 5.41) is 0.639. The predicted molar refractivity (Wildman–Crippen MR) is 62.9 cm³/mol. The van der Waals surface area contributed by atoms with Gasteiger partial charge in [0.25, 0.3) is 0 Å². The van der Waals surface area contributed by atoms with Gasteiger partial charge in [-0.1, -0.05) is 29.8 Å². The molecule has 1 atom stereocenters. The molecule has 0 fully saturated rings. The summed E-state index contributed by atoms with van der Waals surface area (Å²) >= 11 is 6.02. The summed E-state index contributed by atoms with van der Waals surface area (Å²) < 4.78 is 5.06. The SMILES string of the molecule is CC(C)OC(=O)C[C@H]([NH3+])c1ccccc1Cl. The lowest BCUT2D eigenvalue weighted by molar-refractivity contribution is -0.425. The summed E-state index contributed by atoms with van der Waals surface area (Å²) in [7, 11) is 0. The Morgan fingerprint density at radius 2 is 2.06 bits per heavy atom. The van der Waals surface area contributed by atoms with Crippen LogP contribution in [0.3, 0.4) is 0 Å². The monoisotopic (exact) mass is 242 g/mol. The largest absolute Gasteiger partial charge is 0.463 e. The first kappa shape index (κ1) is 13.0. The molecule has 0 aliphatic heterocycles. The lowest BCUT2D eigenvalue weighted by atomic mass is 10.1. The topological polar surface area (TPSA) is 53.9 Å². The number of hydrogen-bond donors (Lipinski definition) is 1. The first-order chi connectivity index (χ1) is 7.50. The van der Waals surface area contributed by atoms with Crippen LogP contribution in [0.25, 0.3) is 0 Å². The Hall–Kier alpha value is -1.06. The van der Waals surface area contributed by atoms with Crippen LogP contribution in [0, 0.1) is 0 Å². The molecule has 0 aliphatic carbocycles. The highest BCUT2D eigenvalue weighted by atomic mass is 35.5. The molecular weight excluding hydrogens is 226 g/mol. The minimum absolute atomic E-state index is 0.0917. The summed E-state index contributed by atoms with van der Waals surface area (Å²) in [6.07, 6.45) is 0.160. The fourth-order valence-electron chi connectivity index (χ4n) is 1.43. The third-order valence-electron chi connectivity index (χ3n) is 2.13. The van der Waals surface area contributed by atoms with Crippen molar-refractivity contribution in [1.82, 2.24) is 0 Å². The number of halogens is 1. The average Bonchev–Trinajstić information content (AvgIpc) is 2.16. The van der Waals surface area contributed by atoms with E-state index in [1.54, 1.807) is 6.07 Å². The molecule has 0 radical (unpaired) electrons. The molecule has 3 N–H and O–H groups in total. The molecule has 0 saturated carbocycles. The summed E-state index contributed by atoms with van der Waals surface area (Å²) in [6.45, 7) is 3.65. The Kier molecular flexibility index (Phi) is 4.77. The van der Waals surface area contributed by atoms with E-state index in [4.69, 9.17) is 16.3 Å². The van der Waals surface area contributed by atoms with Crippen LogP contribution in [0.4, 0.5) is 0 Å². The van der Waals surface area contributed by atoms with Crippen molar-refractivity contribution in [1.29, 1.82) is 0 Å². The van der Waals surface area contributed by atoms with Gasteiger partial charge in [0, 0.05) is 10.6 Å². The number of ether oxygens (including phenoxy) is 1. The summed E-state index contributed by atoms with van der Waals surface area (Å²) in [5.74, 6) is -0.241. The van der Waals surface area contributed by atoms with Crippen molar-refractivity contribution in [2.24, 2.45) is 0 Å². The first-order valence-corrected chi connectivity index (χ1v) is 5.65. The highest BCUT2D eigenvalue weighted by molar-refractivity contribution is 6.31. The molecular formula is C12H17ClNO2+. The van der Waals surface area contributed by atoms with E-state index in [9.17, 15) is 4.79 Å². The second kappa shape index (κ2) is 5.87. The van der Waals surface area contributed by atoms with Crippen molar-refractivity contribution in [3.8, 4) is 0 Å². The van der Waals surface area contributed by atoms with E-state index < -0.39 is 0 Å². The fourth-order valence-corrected chi connectivity index (χ4v) is 1.72. The van der Waals surface area contributed by atoms with Gasteiger partial charge >= 0.3 is 5.97 Å². The molecule has 88 valence electrons. The summed E-state index contributed by atoms with van der Waals surface area (Å²) in [4.78, 5) is 11.4. The summed E-state index contributed by atoms with van der Waals surface area (Å²) in [6, 6.07) is 7.24. The minimum atomic E-state index is -0.241. The van der Waals surface area contributed by atoms with Crippen molar-refractivity contribution in [3.05, 3.63) is 34.9 Å². The second-order valence-electron chi connectivity index (χ2n) is 3.96. The number of carbonyl (C=O) groups is 1. The van der Waals surface area contributed by atoms with Gasteiger partial charge in [0.05, 0.1) is 6.10 Å². The van der Waals surface area contributed by atoms with Crippen LogP contribution in [0.5, 0.6) is 0 Å². The van der Waals surface area contributed by atoms with E-state index >= 15 is 0 Å². The van der Waals surface area contributed by atoms with Gasteiger partial charge in [-0.2, -0.15) is 0 Å². The molecule has 1 aromatic carbocycles. The highest BCUT2D eigenvalue weighted by Gasteiger charge is 2.18. The second-order valence-corrected chi connectivity index (χ2v) is 4.37. The van der Waals surface area contributed by atoms with Crippen molar-refractivity contribution in [2.75, 3.05) is 0 Å². The number of carbonyl (C=O) groups excluding carboxylic acids is 1. The van der Waals surface area contributed by atoms with E-state index in [2.05, 4.69) is 5.73 Å². The molecule has 0 bridgehead atoms. The zero-order valence-corrected chi connectivity index (χ0v) is 10.3. The third kappa shape index (κ3) is 3.83. The van der Waals surface area contributed by atoms with E-state index in [-0.39, 0.29) is 24.5 Å². The van der Waals surface area contributed by atoms with Gasteiger partial charge in [-0.3, -0.25) is 4.79 Å². The van der Waals surface area contributed by atoms with E-state index in [0.717, 1.165) is 5.56 Å². The zero-order chi connectivity index (χ0) is 12.1. The maximum absolute atomic E-state index is 11.4. The molecule has 0 aromatic heterocycles. The minimum Gasteiger partial charge on any atom is -0.463 e.